The van der Waals surface area contributed by atoms with Crippen molar-refractivity contribution in [2.45, 2.75) is 18.4 Å². The van der Waals surface area contributed by atoms with E-state index < -0.39 is 0 Å². The fourth-order valence-corrected chi connectivity index (χ4v) is 3.10. The van der Waals surface area contributed by atoms with Gasteiger partial charge in [0.2, 0.25) is 0 Å². The summed E-state index contributed by atoms with van der Waals surface area (Å²) in [5.74, 6) is -0.253. The van der Waals surface area contributed by atoms with Crippen LogP contribution < -0.4 is 5.32 Å². The summed E-state index contributed by atoms with van der Waals surface area (Å²) in [5.41, 5.74) is 0.640. The van der Waals surface area contributed by atoms with Gasteiger partial charge in [-0.15, -0.1) is 0 Å². The largest absolute Gasteiger partial charge is 0.448 e. The van der Waals surface area contributed by atoms with Crippen molar-refractivity contribution in [3.63, 3.8) is 0 Å². The molecular weight excluding hydrogens is 247 g/mol. The van der Waals surface area contributed by atoms with Gasteiger partial charge in [0.05, 0.1) is 12.1 Å². The summed E-state index contributed by atoms with van der Waals surface area (Å²) in [5, 5.41) is 3.31. The molecule has 0 saturated carbocycles. The number of nitrogens with zero attached hydrogens (tertiary/aromatic N) is 1. The minimum absolute atomic E-state index is 0.253. The quantitative estimate of drug-likeness (QED) is 0.886. The lowest BCUT2D eigenvalue weighted by Gasteiger charge is -2.44. The zero-order valence-electron chi connectivity index (χ0n) is 10.7. The first-order valence-electron chi connectivity index (χ1n) is 6.63. The molecule has 2 saturated heterocycles. The molecular formula is C14H17FN2O2. The molecule has 0 bridgehead atoms. The molecule has 4 nitrogen and oxygen atoms in total. The molecule has 0 aliphatic carbocycles. The maximum Gasteiger partial charge on any atom is 0.410 e. The van der Waals surface area contributed by atoms with Crippen molar-refractivity contribution in [1.82, 2.24) is 10.2 Å². The molecule has 0 unspecified atom stereocenters. The van der Waals surface area contributed by atoms with E-state index in [9.17, 15) is 9.18 Å². The Balaban J connectivity index is 2.00. The summed E-state index contributed by atoms with van der Waals surface area (Å²) < 4.78 is 18.2. The van der Waals surface area contributed by atoms with Crippen LogP contribution in [0.2, 0.25) is 0 Å². The predicted octanol–water partition coefficient (Wildman–Crippen LogP) is 1.86. The first-order valence-corrected chi connectivity index (χ1v) is 6.63. The van der Waals surface area contributed by atoms with Gasteiger partial charge in [-0.1, -0.05) is 12.1 Å². The lowest BCUT2D eigenvalue weighted by atomic mass is 9.80. The molecule has 0 spiro atoms. The Morgan fingerprint density at radius 3 is 2.47 bits per heavy atom. The summed E-state index contributed by atoms with van der Waals surface area (Å²) >= 11 is 0. The molecule has 2 heterocycles. The highest BCUT2D eigenvalue weighted by atomic mass is 19.1. The minimum atomic E-state index is -0.355. The zero-order chi connectivity index (χ0) is 13.3. The SMILES string of the molecule is O=C1OCCN1C1(c2ccc(F)cc2)CCNCC1. The molecule has 1 aromatic carbocycles. The van der Waals surface area contributed by atoms with Crippen LogP contribution in [0, 0.1) is 5.82 Å². The molecule has 0 atom stereocenters. The number of ether oxygens (including phenoxy) is 1. The highest BCUT2D eigenvalue weighted by Gasteiger charge is 2.45. The Labute approximate surface area is 111 Å². The van der Waals surface area contributed by atoms with Crippen molar-refractivity contribution < 1.29 is 13.9 Å². The lowest BCUT2D eigenvalue weighted by molar-refractivity contribution is 0.0856. The standard InChI is InChI=1S/C14H17FN2O2/c15-12-3-1-11(2-4-12)14(5-7-16-8-6-14)17-9-10-19-13(17)18/h1-4,16H,5-10H2. The zero-order valence-corrected chi connectivity index (χ0v) is 10.7. The van der Waals surface area contributed by atoms with Crippen LogP contribution in [0.3, 0.4) is 0 Å². The maximum atomic E-state index is 13.1. The van der Waals surface area contributed by atoms with Crippen molar-refractivity contribution >= 4 is 6.09 Å². The van der Waals surface area contributed by atoms with E-state index in [1.54, 1.807) is 17.0 Å². The van der Waals surface area contributed by atoms with E-state index in [4.69, 9.17) is 4.74 Å². The molecule has 102 valence electrons. The summed E-state index contributed by atoms with van der Waals surface area (Å²) in [7, 11) is 0. The fourth-order valence-electron chi connectivity index (χ4n) is 3.10. The summed E-state index contributed by atoms with van der Waals surface area (Å²) in [6.45, 7) is 2.74. The number of cyclic esters (lactones) is 1. The smallest absolute Gasteiger partial charge is 0.410 e. The number of carbonyl (C=O) groups is 1. The highest BCUT2D eigenvalue weighted by molar-refractivity contribution is 5.71. The van der Waals surface area contributed by atoms with Crippen LogP contribution in [0.15, 0.2) is 24.3 Å². The van der Waals surface area contributed by atoms with Crippen LogP contribution in [-0.2, 0) is 10.3 Å². The van der Waals surface area contributed by atoms with E-state index >= 15 is 0 Å². The number of halogens is 1. The van der Waals surface area contributed by atoms with Gasteiger partial charge in [0, 0.05) is 0 Å². The van der Waals surface area contributed by atoms with Crippen molar-refractivity contribution in [3.05, 3.63) is 35.6 Å². The van der Waals surface area contributed by atoms with Gasteiger partial charge < -0.3 is 10.1 Å². The number of benzene rings is 1. The number of hydrogen-bond acceptors (Lipinski definition) is 3. The molecule has 5 heteroatoms. The number of nitrogens with one attached hydrogen (secondary N) is 1. The van der Waals surface area contributed by atoms with Gasteiger partial charge in [0.25, 0.3) is 0 Å². The number of piperidine rings is 1. The second-order valence-corrected chi connectivity index (χ2v) is 5.05. The molecule has 19 heavy (non-hydrogen) atoms. The predicted molar refractivity (Wildman–Crippen MR) is 68.2 cm³/mol. The van der Waals surface area contributed by atoms with E-state index in [0.717, 1.165) is 31.5 Å². The first-order chi connectivity index (χ1) is 9.22. The number of carbonyl (C=O) groups excluding carboxylic acids is 1. The van der Waals surface area contributed by atoms with Crippen LogP contribution in [0.4, 0.5) is 9.18 Å². The third kappa shape index (κ3) is 2.08. The normalized spacial score (nSPS) is 22.4. The van der Waals surface area contributed by atoms with E-state index in [-0.39, 0.29) is 17.4 Å². The van der Waals surface area contributed by atoms with Crippen LogP contribution in [0.5, 0.6) is 0 Å². The van der Waals surface area contributed by atoms with Crippen LogP contribution in [0.1, 0.15) is 18.4 Å². The monoisotopic (exact) mass is 264 g/mol. The second kappa shape index (κ2) is 4.81. The van der Waals surface area contributed by atoms with Gasteiger partial charge in [-0.05, 0) is 43.6 Å². The Bertz CT molecular complexity index is 469. The average molecular weight is 264 g/mol. The van der Waals surface area contributed by atoms with Gasteiger partial charge in [0.15, 0.2) is 0 Å². The fraction of sp³-hybridized carbons (Fsp3) is 0.500. The first kappa shape index (κ1) is 12.4. The molecule has 2 fully saturated rings. The molecule has 3 rings (SSSR count). The molecule has 2 aliphatic heterocycles. The van der Waals surface area contributed by atoms with Gasteiger partial charge >= 0.3 is 6.09 Å². The highest BCUT2D eigenvalue weighted by Crippen LogP contribution is 2.38. The molecule has 0 radical (unpaired) electrons. The van der Waals surface area contributed by atoms with E-state index in [0.29, 0.717) is 13.2 Å². The topological polar surface area (TPSA) is 41.6 Å². The third-order valence-electron chi connectivity index (χ3n) is 4.09. The molecule has 1 amide bonds. The van der Waals surface area contributed by atoms with E-state index in [1.807, 2.05) is 0 Å². The van der Waals surface area contributed by atoms with Crippen molar-refractivity contribution in [2.24, 2.45) is 0 Å². The second-order valence-electron chi connectivity index (χ2n) is 5.05. The van der Waals surface area contributed by atoms with E-state index in [2.05, 4.69) is 5.32 Å². The van der Waals surface area contributed by atoms with Gasteiger partial charge in [0.1, 0.15) is 12.4 Å². The maximum absolute atomic E-state index is 13.1. The van der Waals surface area contributed by atoms with Gasteiger partial charge in [-0.3, -0.25) is 4.90 Å². The Morgan fingerprint density at radius 1 is 1.21 bits per heavy atom. The Morgan fingerprint density at radius 2 is 1.89 bits per heavy atom. The van der Waals surface area contributed by atoms with E-state index in [1.165, 1.54) is 12.1 Å². The summed E-state index contributed by atoms with van der Waals surface area (Å²) in [6.07, 6.45) is 1.40. The number of amides is 1. The summed E-state index contributed by atoms with van der Waals surface area (Å²) in [4.78, 5) is 13.7. The van der Waals surface area contributed by atoms with Crippen LogP contribution >= 0.6 is 0 Å². The van der Waals surface area contributed by atoms with Crippen molar-refractivity contribution in [1.29, 1.82) is 0 Å². The Kier molecular flexibility index (Phi) is 3.14. The number of hydrogen-bond donors (Lipinski definition) is 1. The molecule has 1 aromatic rings. The molecule has 2 aliphatic rings. The number of rotatable bonds is 2. The van der Waals surface area contributed by atoms with Crippen LogP contribution in [0.25, 0.3) is 0 Å². The lowest BCUT2D eigenvalue weighted by Crippen LogP contribution is -2.52. The summed E-state index contributed by atoms with van der Waals surface area (Å²) in [6, 6.07) is 6.49. The Hall–Kier alpha value is -1.62. The van der Waals surface area contributed by atoms with Crippen molar-refractivity contribution in [2.75, 3.05) is 26.2 Å². The minimum Gasteiger partial charge on any atom is -0.448 e. The molecule has 1 N–H and O–H groups in total. The van der Waals surface area contributed by atoms with Crippen LogP contribution in [-0.4, -0.2) is 37.2 Å². The molecule has 0 aromatic heterocycles. The average Bonchev–Trinajstić information content (AvgIpc) is 2.87. The van der Waals surface area contributed by atoms with Gasteiger partial charge in [-0.2, -0.15) is 0 Å². The van der Waals surface area contributed by atoms with Gasteiger partial charge in [-0.25, -0.2) is 9.18 Å². The van der Waals surface area contributed by atoms with Crippen molar-refractivity contribution in [3.8, 4) is 0 Å². The third-order valence-corrected chi connectivity index (χ3v) is 4.09.